The molecule has 2 aromatic rings. The Morgan fingerprint density at radius 2 is 1.69 bits per heavy atom. The van der Waals surface area contributed by atoms with Crippen LogP contribution in [0.3, 0.4) is 0 Å². The third-order valence-corrected chi connectivity index (χ3v) is 5.08. The van der Waals surface area contributed by atoms with Gasteiger partial charge in [0.2, 0.25) is 0 Å². The predicted molar refractivity (Wildman–Crippen MR) is 129 cm³/mol. The van der Waals surface area contributed by atoms with Crippen LogP contribution in [0, 0.1) is 18.3 Å². The first-order chi connectivity index (χ1) is 15.1. The summed E-state index contributed by atoms with van der Waals surface area (Å²) in [6.45, 7) is 7.64. The third-order valence-electron chi connectivity index (χ3n) is 4.55. The second-order valence-electron chi connectivity index (χ2n) is 8.73. The van der Waals surface area contributed by atoms with Crippen molar-refractivity contribution in [2.24, 2.45) is 5.92 Å². The summed E-state index contributed by atoms with van der Waals surface area (Å²) in [5.41, 5.74) is 1.23. The summed E-state index contributed by atoms with van der Waals surface area (Å²) in [6, 6.07) is 16.1. The van der Waals surface area contributed by atoms with E-state index in [0.717, 1.165) is 15.6 Å². The van der Waals surface area contributed by atoms with Crippen LogP contribution in [0.2, 0.25) is 0 Å². The molecule has 0 unspecified atom stereocenters. The van der Waals surface area contributed by atoms with Crippen molar-refractivity contribution in [1.29, 1.82) is 0 Å². The maximum atomic E-state index is 13.0. The molecule has 2 aromatic carbocycles. The zero-order valence-electron chi connectivity index (χ0n) is 19.0. The quantitative estimate of drug-likeness (QED) is 0.349. The van der Waals surface area contributed by atoms with Gasteiger partial charge in [-0.2, -0.15) is 0 Å². The molecule has 0 spiro atoms. The van der Waals surface area contributed by atoms with E-state index in [2.05, 4.69) is 21.9 Å². The standard InChI is InChI=1S/C26H30BrNO4/c1-6-23(24(29)31-18-21-10-8-7-9-11-21)28(25(30)32-26(3,4)5)17-19(2)16-20-12-14-22(27)15-13-20/h1,7-15,19,23H,16-18H2,2-5H3/t19-,23-/m1/s1. The minimum Gasteiger partial charge on any atom is -0.459 e. The van der Waals surface area contributed by atoms with E-state index in [4.69, 9.17) is 15.9 Å². The largest absolute Gasteiger partial charge is 0.459 e. The molecule has 0 bridgehead atoms. The van der Waals surface area contributed by atoms with Crippen LogP contribution in [-0.2, 0) is 27.3 Å². The number of benzene rings is 2. The van der Waals surface area contributed by atoms with Crippen molar-refractivity contribution < 1.29 is 19.1 Å². The van der Waals surface area contributed by atoms with Crippen LogP contribution >= 0.6 is 15.9 Å². The zero-order valence-corrected chi connectivity index (χ0v) is 20.6. The molecule has 1 amide bonds. The van der Waals surface area contributed by atoms with E-state index in [1.165, 1.54) is 4.90 Å². The average Bonchev–Trinajstić information content (AvgIpc) is 2.73. The van der Waals surface area contributed by atoms with Gasteiger partial charge in [0.15, 0.2) is 6.04 Å². The first-order valence-electron chi connectivity index (χ1n) is 10.5. The lowest BCUT2D eigenvalue weighted by atomic mass is 10.00. The van der Waals surface area contributed by atoms with E-state index in [1.54, 1.807) is 20.8 Å². The Kier molecular flexibility index (Phi) is 9.34. The Labute approximate surface area is 199 Å². The number of carbonyl (C=O) groups is 2. The van der Waals surface area contributed by atoms with Crippen LogP contribution in [0.4, 0.5) is 4.79 Å². The number of halogens is 1. The Hall–Kier alpha value is -2.78. The number of rotatable bonds is 8. The number of terminal acetylenes is 1. The first-order valence-corrected chi connectivity index (χ1v) is 11.3. The molecule has 0 aliphatic rings. The highest BCUT2D eigenvalue weighted by molar-refractivity contribution is 9.10. The van der Waals surface area contributed by atoms with Gasteiger partial charge >= 0.3 is 12.1 Å². The lowest BCUT2D eigenvalue weighted by Crippen LogP contribution is -2.49. The van der Waals surface area contributed by atoms with Crippen LogP contribution in [0.15, 0.2) is 59.1 Å². The van der Waals surface area contributed by atoms with Crippen LogP contribution in [-0.4, -0.2) is 35.2 Å². The molecule has 5 nitrogen and oxygen atoms in total. The molecule has 170 valence electrons. The van der Waals surface area contributed by atoms with Crippen LogP contribution in [0.5, 0.6) is 0 Å². The Morgan fingerprint density at radius 1 is 1.06 bits per heavy atom. The number of amides is 1. The Bertz CT molecular complexity index is 929. The number of ether oxygens (including phenoxy) is 2. The van der Waals surface area contributed by atoms with Crippen molar-refractivity contribution in [3.05, 3.63) is 70.2 Å². The van der Waals surface area contributed by atoms with Crippen LogP contribution in [0.1, 0.15) is 38.8 Å². The number of nitrogens with zero attached hydrogens (tertiary/aromatic N) is 1. The topological polar surface area (TPSA) is 55.8 Å². The van der Waals surface area contributed by atoms with Gasteiger partial charge in [0.1, 0.15) is 12.2 Å². The first kappa shape index (κ1) is 25.5. The average molecular weight is 500 g/mol. The summed E-state index contributed by atoms with van der Waals surface area (Å²) in [5, 5.41) is 0. The van der Waals surface area contributed by atoms with E-state index in [9.17, 15) is 9.59 Å². The molecule has 0 N–H and O–H groups in total. The maximum absolute atomic E-state index is 13.0. The molecule has 2 rings (SSSR count). The van der Waals surface area contributed by atoms with E-state index >= 15 is 0 Å². The van der Waals surface area contributed by atoms with E-state index in [1.807, 2.05) is 61.5 Å². The summed E-state index contributed by atoms with van der Waals surface area (Å²) in [4.78, 5) is 27.1. The number of hydrogen-bond donors (Lipinski definition) is 0. The fourth-order valence-corrected chi connectivity index (χ4v) is 3.39. The number of esters is 1. The zero-order chi connectivity index (χ0) is 23.7. The van der Waals surface area contributed by atoms with Crippen molar-refractivity contribution in [1.82, 2.24) is 4.90 Å². The lowest BCUT2D eigenvalue weighted by Gasteiger charge is -2.32. The molecule has 0 radical (unpaired) electrons. The predicted octanol–water partition coefficient (Wildman–Crippen LogP) is 5.61. The SMILES string of the molecule is C#C[C@H](C(=O)OCc1ccccc1)N(C[C@H](C)Cc1ccc(Br)cc1)C(=O)OC(C)(C)C. The molecule has 2 atom stereocenters. The molecule has 0 saturated carbocycles. The second kappa shape index (κ2) is 11.7. The molecule has 0 aromatic heterocycles. The summed E-state index contributed by atoms with van der Waals surface area (Å²) >= 11 is 3.43. The highest BCUT2D eigenvalue weighted by Gasteiger charge is 2.34. The van der Waals surface area contributed by atoms with Crippen molar-refractivity contribution >= 4 is 28.0 Å². The smallest absolute Gasteiger partial charge is 0.411 e. The molecule has 0 fully saturated rings. The molecule has 0 aliphatic carbocycles. The van der Waals surface area contributed by atoms with Crippen molar-refractivity contribution in [2.45, 2.75) is 52.4 Å². The minimum absolute atomic E-state index is 0.0291. The molecule has 0 heterocycles. The summed E-state index contributed by atoms with van der Waals surface area (Å²) in [5.74, 6) is 1.80. The minimum atomic E-state index is -1.18. The Balaban J connectivity index is 2.15. The van der Waals surface area contributed by atoms with Crippen molar-refractivity contribution in [3.63, 3.8) is 0 Å². The summed E-state index contributed by atoms with van der Waals surface area (Å²) in [7, 11) is 0. The van der Waals surface area contributed by atoms with Crippen LogP contribution < -0.4 is 0 Å². The van der Waals surface area contributed by atoms with Gasteiger partial charge in [0, 0.05) is 11.0 Å². The van der Waals surface area contributed by atoms with Gasteiger partial charge in [-0.3, -0.25) is 4.90 Å². The maximum Gasteiger partial charge on any atom is 0.411 e. The normalized spacial score (nSPS) is 12.9. The summed E-state index contributed by atoms with van der Waals surface area (Å²) < 4.78 is 12.0. The third kappa shape index (κ3) is 8.39. The number of hydrogen-bond acceptors (Lipinski definition) is 4. The van der Waals surface area contributed by atoms with E-state index in [-0.39, 0.29) is 19.1 Å². The van der Waals surface area contributed by atoms with Crippen molar-refractivity contribution in [2.75, 3.05) is 6.54 Å². The van der Waals surface area contributed by atoms with Gasteiger partial charge in [-0.05, 0) is 56.4 Å². The fourth-order valence-electron chi connectivity index (χ4n) is 3.12. The summed E-state index contributed by atoms with van der Waals surface area (Å²) in [6.07, 6.45) is 5.76. The molecule has 6 heteroatoms. The van der Waals surface area contributed by atoms with Crippen molar-refractivity contribution in [3.8, 4) is 12.3 Å². The van der Waals surface area contributed by atoms with E-state index in [0.29, 0.717) is 6.42 Å². The Morgan fingerprint density at radius 3 is 2.25 bits per heavy atom. The van der Waals surface area contributed by atoms with Gasteiger partial charge in [-0.15, -0.1) is 6.42 Å². The fraction of sp³-hybridized carbons (Fsp3) is 0.385. The lowest BCUT2D eigenvalue weighted by molar-refractivity contribution is -0.149. The van der Waals surface area contributed by atoms with E-state index < -0.39 is 23.7 Å². The van der Waals surface area contributed by atoms with Gasteiger partial charge < -0.3 is 9.47 Å². The number of carbonyl (C=O) groups excluding carboxylic acids is 2. The van der Waals surface area contributed by atoms with Gasteiger partial charge in [0.05, 0.1) is 0 Å². The van der Waals surface area contributed by atoms with Crippen LogP contribution in [0.25, 0.3) is 0 Å². The monoisotopic (exact) mass is 499 g/mol. The second-order valence-corrected chi connectivity index (χ2v) is 9.65. The molecule has 32 heavy (non-hydrogen) atoms. The molecular weight excluding hydrogens is 470 g/mol. The highest BCUT2D eigenvalue weighted by atomic mass is 79.9. The molecule has 0 aliphatic heterocycles. The molecule has 0 saturated heterocycles. The van der Waals surface area contributed by atoms with Gasteiger partial charge in [-0.1, -0.05) is 71.2 Å². The molecular formula is C26H30BrNO4. The van der Waals surface area contributed by atoms with Gasteiger partial charge in [-0.25, -0.2) is 9.59 Å². The van der Waals surface area contributed by atoms with Gasteiger partial charge in [0.25, 0.3) is 0 Å². The highest BCUT2D eigenvalue weighted by Crippen LogP contribution is 2.19.